The molecule has 0 radical (unpaired) electrons. The Hall–Kier alpha value is -1.78. The summed E-state index contributed by atoms with van der Waals surface area (Å²) >= 11 is 0. The maximum atomic E-state index is 12.3. The summed E-state index contributed by atoms with van der Waals surface area (Å²) in [6.45, 7) is 2.34. The number of carboxylic acid groups (broad SMARTS) is 1. The zero-order valence-corrected chi connectivity index (χ0v) is 12.0. The Morgan fingerprint density at radius 1 is 1.25 bits per heavy atom. The van der Waals surface area contributed by atoms with Crippen molar-refractivity contribution >= 4 is 11.9 Å². The lowest BCUT2D eigenvalue weighted by Gasteiger charge is -2.28. The lowest BCUT2D eigenvalue weighted by molar-refractivity contribution is -0.145. The minimum Gasteiger partial charge on any atom is -0.481 e. The van der Waals surface area contributed by atoms with Gasteiger partial charge >= 0.3 is 5.97 Å². The van der Waals surface area contributed by atoms with E-state index in [9.17, 15) is 9.59 Å². The molecule has 1 amide bonds. The van der Waals surface area contributed by atoms with Gasteiger partial charge in [-0.1, -0.05) is 0 Å². The molecule has 5 nitrogen and oxygen atoms in total. The average Bonchev–Trinajstić information content (AvgIpc) is 2.83. The van der Waals surface area contributed by atoms with Gasteiger partial charge in [0.1, 0.15) is 11.5 Å². The van der Waals surface area contributed by atoms with Crippen LogP contribution in [0.3, 0.4) is 0 Å². The van der Waals surface area contributed by atoms with Gasteiger partial charge in [-0.05, 0) is 44.7 Å². The Morgan fingerprint density at radius 2 is 1.85 bits per heavy atom. The largest absolute Gasteiger partial charge is 0.481 e. The zero-order valence-electron chi connectivity index (χ0n) is 12.0. The molecular formula is C15H21NO4. The van der Waals surface area contributed by atoms with Crippen LogP contribution in [-0.4, -0.2) is 28.9 Å². The van der Waals surface area contributed by atoms with Crippen molar-refractivity contribution in [3.05, 3.63) is 23.7 Å². The van der Waals surface area contributed by atoms with Gasteiger partial charge < -0.3 is 14.4 Å². The number of hydrogen-bond acceptors (Lipinski definition) is 3. The molecule has 0 atom stereocenters. The van der Waals surface area contributed by atoms with Crippen LogP contribution in [0.25, 0.3) is 0 Å². The van der Waals surface area contributed by atoms with Crippen molar-refractivity contribution in [2.24, 2.45) is 11.8 Å². The number of carboxylic acids is 1. The first-order valence-electron chi connectivity index (χ1n) is 7.00. The molecule has 20 heavy (non-hydrogen) atoms. The number of nitrogens with zero attached hydrogens (tertiary/aromatic N) is 1. The second kappa shape index (κ2) is 6.11. The fourth-order valence-electron chi connectivity index (χ4n) is 2.78. The molecule has 0 unspecified atom stereocenters. The minimum absolute atomic E-state index is 0.0494. The van der Waals surface area contributed by atoms with E-state index in [0.717, 1.165) is 11.5 Å². The Bertz CT molecular complexity index is 486. The molecular weight excluding hydrogens is 258 g/mol. The van der Waals surface area contributed by atoms with Crippen LogP contribution in [0.1, 0.15) is 37.2 Å². The molecule has 1 heterocycles. The third-order valence-corrected chi connectivity index (χ3v) is 3.99. The number of rotatable bonds is 4. The molecule has 0 aromatic carbocycles. The average molecular weight is 279 g/mol. The molecule has 5 heteroatoms. The predicted octanol–water partition coefficient (Wildman–Crippen LogP) is 2.44. The quantitative estimate of drug-likeness (QED) is 0.919. The molecule has 0 spiro atoms. The van der Waals surface area contributed by atoms with E-state index in [-0.39, 0.29) is 17.7 Å². The highest BCUT2D eigenvalue weighted by Gasteiger charge is 2.31. The predicted molar refractivity (Wildman–Crippen MR) is 73.0 cm³/mol. The van der Waals surface area contributed by atoms with E-state index in [1.165, 1.54) is 0 Å². The fourth-order valence-corrected chi connectivity index (χ4v) is 2.78. The zero-order chi connectivity index (χ0) is 14.7. The molecule has 1 aliphatic rings. The Labute approximate surface area is 118 Å². The van der Waals surface area contributed by atoms with Crippen LogP contribution in [0.15, 0.2) is 16.5 Å². The van der Waals surface area contributed by atoms with Gasteiger partial charge in [-0.3, -0.25) is 9.59 Å². The molecule has 1 aliphatic carbocycles. The summed E-state index contributed by atoms with van der Waals surface area (Å²) in [4.78, 5) is 24.9. The monoisotopic (exact) mass is 279 g/mol. The van der Waals surface area contributed by atoms with Gasteiger partial charge in [0.2, 0.25) is 5.91 Å². The van der Waals surface area contributed by atoms with Crippen molar-refractivity contribution in [1.29, 1.82) is 0 Å². The van der Waals surface area contributed by atoms with Gasteiger partial charge in [0, 0.05) is 13.0 Å². The van der Waals surface area contributed by atoms with E-state index in [1.54, 1.807) is 11.9 Å². The van der Waals surface area contributed by atoms with Crippen LogP contribution < -0.4 is 0 Å². The Morgan fingerprint density at radius 3 is 2.35 bits per heavy atom. The van der Waals surface area contributed by atoms with E-state index in [4.69, 9.17) is 9.52 Å². The maximum absolute atomic E-state index is 12.3. The van der Waals surface area contributed by atoms with E-state index in [0.29, 0.717) is 32.2 Å². The van der Waals surface area contributed by atoms with Crippen molar-refractivity contribution in [3.63, 3.8) is 0 Å². The third kappa shape index (κ3) is 3.40. The number of carbonyl (C=O) groups is 2. The maximum Gasteiger partial charge on any atom is 0.306 e. The Balaban J connectivity index is 1.86. The van der Waals surface area contributed by atoms with Crippen LogP contribution in [0.5, 0.6) is 0 Å². The summed E-state index contributed by atoms with van der Waals surface area (Å²) in [6, 6.07) is 3.76. The standard InChI is InChI=1S/C15H21NO4/c1-10-3-8-13(20-10)9-16(2)14(17)11-4-6-12(7-5-11)15(18)19/h3,8,11-12H,4-7,9H2,1-2H3,(H,18,19). The topological polar surface area (TPSA) is 70.8 Å². The van der Waals surface area contributed by atoms with Gasteiger partial charge in [0.15, 0.2) is 0 Å². The summed E-state index contributed by atoms with van der Waals surface area (Å²) in [5.41, 5.74) is 0. The first kappa shape index (κ1) is 14.6. The molecule has 110 valence electrons. The second-order valence-electron chi connectivity index (χ2n) is 5.59. The molecule has 0 bridgehead atoms. The highest BCUT2D eigenvalue weighted by molar-refractivity contribution is 5.79. The van der Waals surface area contributed by atoms with Gasteiger partial charge in [-0.15, -0.1) is 0 Å². The van der Waals surface area contributed by atoms with Crippen LogP contribution in [0.2, 0.25) is 0 Å². The lowest BCUT2D eigenvalue weighted by atomic mass is 9.81. The summed E-state index contributed by atoms with van der Waals surface area (Å²) < 4.78 is 5.47. The molecule has 0 aliphatic heterocycles. The van der Waals surface area contributed by atoms with E-state index in [2.05, 4.69) is 0 Å². The normalized spacial score (nSPS) is 22.5. The van der Waals surface area contributed by atoms with Crippen molar-refractivity contribution in [1.82, 2.24) is 4.90 Å². The Kier molecular flexibility index (Phi) is 4.47. The summed E-state index contributed by atoms with van der Waals surface area (Å²) in [6.07, 6.45) is 2.52. The molecule has 1 aromatic rings. The highest BCUT2D eigenvalue weighted by Crippen LogP contribution is 2.30. The van der Waals surface area contributed by atoms with Crippen molar-refractivity contribution in [3.8, 4) is 0 Å². The van der Waals surface area contributed by atoms with Gasteiger partial charge in [0.05, 0.1) is 12.5 Å². The first-order chi connectivity index (χ1) is 9.47. The van der Waals surface area contributed by atoms with E-state index in [1.807, 2.05) is 19.1 Å². The lowest BCUT2D eigenvalue weighted by Crippen LogP contribution is -2.35. The summed E-state index contributed by atoms with van der Waals surface area (Å²) in [5.74, 6) is 0.627. The molecule has 1 fully saturated rings. The number of hydrogen-bond donors (Lipinski definition) is 1. The SMILES string of the molecule is Cc1ccc(CN(C)C(=O)C2CCC(C(=O)O)CC2)o1. The van der Waals surface area contributed by atoms with E-state index >= 15 is 0 Å². The molecule has 2 rings (SSSR count). The molecule has 1 saturated carbocycles. The van der Waals surface area contributed by atoms with Crippen molar-refractivity contribution in [2.45, 2.75) is 39.2 Å². The summed E-state index contributed by atoms with van der Waals surface area (Å²) in [7, 11) is 1.77. The number of aliphatic carboxylic acids is 1. The first-order valence-corrected chi connectivity index (χ1v) is 7.00. The number of amides is 1. The minimum atomic E-state index is -0.740. The highest BCUT2D eigenvalue weighted by atomic mass is 16.4. The smallest absolute Gasteiger partial charge is 0.306 e. The van der Waals surface area contributed by atoms with Gasteiger partial charge in [0.25, 0.3) is 0 Å². The van der Waals surface area contributed by atoms with Gasteiger partial charge in [-0.2, -0.15) is 0 Å². The molecule has 1 N–H and O–H groups in total. The number of aryl methyl sites for hydroxylation is 1. The van der Waals surface area contributed by atoms with E-state index < -0.39 is 5.97 Å². The fraction of sp³-hybridized carbons (Fsp3) is 0.600. The number of furan rings is 1. The van der Waals surface area contributed by atoms with Crippen LogP contribution >= 0.6 is 0 Å². The van der Waals surface area contributed by atoms with Crippen LogP contribution in [0.4, 0.5) is 0 Å². The third-order valence-electron chi connectivity index (χ3n) is 3.99. The van der Waals surface area contributed by atoms with Crippen molar-refractivity contribution < 1.29 is 19.1 Å². The van der Waals surface area contributed by atoms with Gasteiger partial charge in [-0.25, -0.2) is 0 Å². The molecule has 1 aromatic heterocycles. The number of carbonyl (C=O) groups excluding carboxylic acids is 1. The van der Waals surface area contributed by atoms with Crippen molar-refractivity contribution in [2.75, 3.05) is 7.05 Å². The second-order valence-corrected chi connectivity index (χ2v) is 5.59. The van der Waals surface area contributed by atoms with Crippen LogP contribution in [-0.2, 0) is 16.1 Å². The van der Waals surface area contributed by atoms with Crippen LogP contribution in [0, 0.1) is 18.8 Å². The summed E-state index contributed by atoms with van der Waals surface area (Å²) in [5, 5.41) is 8.96. The molecule has 0 saturated heterocycles.